The minimum Gasteiger partial charge on any atom is -0.321 e. The van der Waals surface area contributed by atoms with E-state index in [4.69, 9.17) is 4.98 Å². The predicted molar refractivity (Wildman–Crippen MR) is 94.2 cm³/mol. The Morgan fingerprint density at radius 3 is 2.62 bits per heavy atom. The first-order valence-electron chi connectivity index (χ1n) is 8.07. The Kier molecular flexibility index (Phi) is 4.29. The number of hydrogen-bond acceptors (Lipinski definition) is 4. The van der Waals surface area contributed by atoms with E-state index in [9.17, 15) is 4.79 Å². The predicted octanol–water partition coefficient (Wildman–Crippen LogP) is 3.78. The maximum Gasteiger partial charge on any atom is 0.256 e. The lowest BCUT2D eigenvalue weighted by atomic mass is 10.0. The number of pyridine rings is 2. The second-order valence-electron chi connectivity index (χ2n) is 6.37. The zero-order valence-corrected chi connectivity index (χ0v) is 14.3. The average molecular weight is 323 g/mol. The lowest BCUT2D eigenvalue weighted by Gasteiger charge is -2.12. The Bertz CT molecular complexity index is 868. The minimum absolute atomic E-state index is 0.173. The van der Waals surface area contributed by atoms with E-state index in [2.05, 4.69) is 29.2 Å². The molecule has 24 heavy (non-hydrogen) atoms. The molecule has 0 fully saturated rings. The van der Waals surface area contributed by atoms with Gasteiger partial charge in [-0.1, -0.05) is 13.8 Å². The number of carbonyl (C=O) groups is 1. The van der Waals surface area contributed by atoms with Gasteiger partial charge in [-0.25, -0.2) is 9.67 Å². The normalized spacial score (nSPS) is 11.4. The molecule has 0 saturated carbocycles. The van der Waals surface area contributed by atoms with Crippen molar-refractivity contribution >= 4 is 22.6 Å². The fourth-order valence-electron chi connectivity index (χ4n) is 2.53. The summed E-state index contributed by atoms with van der Waals surface area (Å²) in [5.74, 6) is 0.0375. The molecule has 0 aliphatic carbocycles. The summed E-state index contributed by atoms with van der Waals surface area (Å²) in [6.45, 7) is 8.22. The summed E-state index contributed by atoms with van der Waals surface area (Å²) >= 11 is 0. The topological polar surface area (TPSA) is 72.7 Å². The molecule has 124 valence electrons. The van der Waals surface area contributed by atoms with Crippen LogP contribution in [0.15, 0.2) is 36.8 Å². The van der Waals surface area contributed by atoms with E-state index in [0.717, 1.165) is 16.7 Å². The van der Waals surface area contributed by atoms with Crippen molar-refractivity contribution in [2.24, 2.45) is 0 Å². The van der Waals surface area contributed by atoms with E-state index in [1.807, 2.05) is 30.7 Å². The Labute approximate surface area is 140 Å². The van der Waals surface area contributed by atoms with Crippen LogP contribution < -0.4 is 5.32 Å². The van der Waals surface area contributed by atoms with Crippen molar-refractivity contribution in [3.8, 4) is 0 Å². The van der Waals surface area contributed by atoms with Crippen LogP contribution in [0.1, 0.15) is 55.7 Å². The Morgan fingerprint density at radius 1 is 1.21 bits per heavy atom. The second-order valence-corrected chi connectivity index (χ2v) is 6.37. The van der Waals surface area contributed by atoms with E-state index < -0.39 is 0 Å². The van der Waals surface area contributed by atoms with E-state index in [0.29, 0.717) is 11.3 Å². The summed E-state index contributed by atoms with van der Waals surface area (Å²) in [4.78, 5) is 21.5. The van der Waals surface area contributed by atoms with Crippen molar-refractivity contribution in [3.05, 3.63) is 48.0 Å². The summed E-state index contributed by atoms with van der Waals surface area (Å²) in [6.07, 6.45) is 5.01. The fraction of sp³-hybridized carbons (Fsp3) is 0.333. The number of rotatable bonds is 4. The largest absolute Gasteiger partial charge is 0.321 e. The van der Waals surface area contributed by atoms with E-state index in [-0.39, 0.29) is 17.9 Å². The van der Waals surface area contributed by atoms with Gasteiger partial charge in [-0.3, -0.25) is 9.78 Å². The molecule has 0 aliphatic rings. The van der Waals surface area contributed by atoms with Crippen LogP contribution in [-0.4, -0.2) is 25.7 Å². The second kappa shape index (κ2) is 6.39. The number of nitrogens with zero attached hydrogens (tertiary/aromatic N) is 4. The fourth-order valence-corrected chi connectivity index (χ4v) is 2.53. The highest BCUT2D eigenvalue weighted by Crippen LogP contribution is 2.25. The first-order valence-corrected chi connectivity index (χ1v) is 8.07. The maximum atomic E-state index is 12.8. The summed E-state index contributed by atoms with van der Waals surface area (Å²) in [6, 6.07) is 5.62. The summed E-state index contributed by atoms with van der Waals surface area (Å²) < 4.78 is 1.85. The van der Waals surface area contributed by atoms with Crippen molar-refractivity contribution in [1.82, 2.24) is 19.7 Å². The number of anilines is 1. The van der Waals surface area contributed by atoms with Crippen LogP contribution >= 0.6 is 0 Å². The molecule has 0 saturated heterocycles. The van der Waals surface area contributed by atoms with Gasteiger partial charge < -0.3 is 5.32 Å². The molecule has 3 aromatic heterocycles. The Balaban J connectivity index is 2.10. The van der Waals surface area contributed by atoms with E-state index in [1.54, 1.807) is 24.7 Å². The number of carbonyl (C=O) groups excluding carboxylic acids is 1. The standard InChI is InChI=1S/C18H21N5O/c1-11(2)16-8-14(18(24)21-13-6-5-7-19-9-13)15-10-20-23(12(3)4)17(15)22-16/h5-12H,1-4H3,(H,21,24). The number of amides is 1. The zero-order chi connectivity index (χ0) is 17.3. The zero-order valence-electron chi connectivity index (χ0n) is 14.3. The minimum atomic E-state index is -0.180. The third kappa shape index (κ3) is 2.99. The van der Waals surface area contributed by atoms with E-state index >= 15 is 0 Å². The first kappa shape index (κ1) is 16.1. The highest BCUT2D eigenvalue weighted by Gasteiger charge is 2.19. The third-order valence-electron chi connectivity index (χ3n) is 3.83. The summed E-state index contributed by atoms with van der Waals surface area (Å²) in [7, 11) is 0. The van der Waals surface area contributed by atoms with Crippen LogP contribution in [0, 0.1) is 0 Å². The SMILES string of the molecule is CC(C)c1cc(C(=O)Nc2cccnc2)c2cnn(C(C)C)c2n1. The molecule has 1 amide bonds. The van der Waals surface area contributed by atoms with Gasteiger partial charge in [0.2, 0.25) is 0 Å². The lowest BCUT2D eigenvalue weighted by molar-refractivity contribution is 0.102. The quantitative estimate of drug-likeness (QED) is 0.793. The molecule has 6 nitrogen and oxygen atoms in total. The van der Waals surface area contributed by atoms with Crippen LogP contribution in [0.5, 0.6) is 0 Å². The monoisotopic (exact) mass is 323 g/mol. The van der Waals surface area contributed by atoms with Crippen LogP contribution in [0.3, 0.4) is 0 Å². The summed E-state index contributed by atoms with van der Waals surface area (Å²) in [5, 5.41) is 8.05. The summed E-state index contributed by atoms with van der Waals surface area (Å²) in [5.41, 5.74) is 2.86. The molecule has 0 unspecified atom stereocenters. The molecular weight excluding hydrogens is 302 g/mol. The van der Waals surface area contributed by atoms with Gasteiger partial charge in [-0.05, 0) is 38.0 Å². The van der Waals surface area contributed by atoms with Crippen molar-refractivity contribution in [2.75, 3.05) is 5.32 Å². The lowest BCUT2D eigenvalue weighted by Crippen LogP contribution is -2.14. The van der Waals surface area contributed by atoms with Gasteiger partial charge in [0.15, 0.2) is 5.65 Å². The smallest absolute Gasteiger partial charge is 0.256 e. The molecule has 0 radical (unpaired) electrons. The molecule has 3 aromatic rings. The van der Waals surface area contributed by atoms with Crippen molar-refractivity contribution < 1.29 is 4.79 Å². The molecule has 6 heteroatoms. The van der Waals surface area contributed by atoms with Crippen LogP contribution in [0.25, 0.3) is 11.0 Å². The third-order valence-corrected chi connectivity index (χ3v) is 3.83. The number of hydrogen-bond donors (Lipinski definition) is 1. The highest BCUT2D eigenvalue weighted by molar-refractivity contribution is 6.12. The molecule has 0 aliphatic heterocycles. The molecule has 0 bridgehead atoms. The van der Waals surface area contributed by atoms with Crippen LogP contribution in [-0.2, 0) is 0 Å². The number of fused-ring (bicyclic) bond motifs is 1. The Hall–Kier alpha value is -2.76. The van der Waals surface area contributed by atoms with Crippen molar-refractivity contribution in [1.29, 1.82) is 0 Å². The molecule has 0 aromatic carbocycles. The number of nitrogens with one attached hydrogen (secondary N) is 1. The van der Waals surface area contributed by atoms with Crippen LogP contribution in [0.2, 0.25) is 0 Å². The van der Waals surface area contributed by atoms with Gasteiger partial charge in [0.05, 0.1) is 29.0 Å². The van der Waals surface area contributed by atoms with Gasteiger partial charge in [0, 0.05) is 17.9 Å². The highest BCUT2D eigenvalue weighted by atomic mass is 16.1. The van der Waals surface area contributed by atoms with Crippen LogP contribution in [0.4, 0.5) is 5.69 Å². The first-order chi connectivity index (χ1) is 11.5. The molecule has 1 N–H and O–H groups in total. The van der Waals surface area contributed by atoms with Gasteiger partial charge in [-0.15, -0.1) is 0 Å². The molecule has 3 heterocycles. The van der Waals surface area contributed by atoms with Gasteiger partial charge in [0.25, 0.3) is 5.91 Å². The van der Waals surface area contributed by atoms with Crippen molar-refractivity contribution in [2.45, 2.75) is 39.7 Å². The van der Waals surface area contributed by atoms with Crippen molar-refractivity contribution in [3.63, 3.8) is 0 Å². The van der Waals surface area contributed by atoms with Gasteiger partial charge in [-0.2, -0.15) is 5.10 Å². The van der Waals surface area contributed by atoms with Gasteiger partial charge in [0.1, 0.15) is 0 Å². The molecule has 0 atom stereocenters. The molecule has 3 rings (SSSR count). The average Bonchev–Trinajstić information content (AvgIpc) is 2.98. The van der Waals surface area contributed by atoms with E-state index in [1.165, 1.54) is 0 Å². The van der Waals surface area contributed by atoms with Gasteiger partial charge >= 0.3 is 0 Å². The maximum absolute atomic E-state index is 12.8. The number of aromatic nitrogens is 4. The Morgan fingerprint density at radius 2 is 2.00 bits per heavy atom. The molecular formula is C18H21N5O. The molecule has 0 spiro atoms.